The Kier molecular flexibility index (Phi) is 7.53. The molecule has 1 aromatic rings. The number of carbonyl (C=O) groups excluding carboxylic acids is 3. The zero-order valence-corrected chi connectivity index (χ0v) is 15.7. The van der Waals surface area contributed by atoms with E-state index in [0.717, 1.165) is 5.56 Å². The van der Waals surface area contributed by atoms with Crippen LogP contribution < -0.4 is 16.0 Å². The Bertz CT molecular complexity index is 691. The summed E-state index contributed by atoms with van der Waals surface area (Å²) >= 11 is 1.33. The molecule has 0 fully saturated rings. The number of carbonyl (C=O) groups is 3. The van der Waals surface area contributed by atoms with Gasteiger partial charge in [0.15, 0.2) is 0 Å². The van der Waals surface area contributed by atoms with Gasteiger partial charge in [0.2, 0.25) is 5.91 Å². The predicted molar refractivity (Wildman–Crippen MR) is 100 cm³/mol. The van der Waals surface area contributed by atoms with Gasteiger partial charge in [0.25, 0.3) is 0 Å². The van der Waals surface area contributed by atoms with E-state index >= 15 is 0 Å². The number of thioether (sulfide) groups is 1. The maximum absolute atomic E-state index is 12.1. The summed E-state index contributed by atoms with van der Waals surface area (Å²) in [4.78, 5) is 35.8. The van der Waals surface area contributed by atoms with Gasteiger partial charge >= 0.3 is 12.0 Å². The van der Waals surface area contributed by atoms with Crippen molar-refractivity contribution in [3.8, 4) is 0 Å². The first-order chi connectivity index (χ1) is 12.5. The fourth-order valence-electron chi connectivity index (χ4n) is 2.49. The zero-order chi connectivity index (χ0) is 18.9. The number of esters is 1. The largest absolute Gasteiger partial charge is 0.463 e. The van der Waals surface area contributed by atoms with Gasteiger partial charge < -0.3 is 20.7 Å². The van der Waals surface area contributed by atoms with Crippen molar-refractivity contribution in [2.75, 3.05) is 18.1 Å². The molecular weight excluding hydrogens is 354 g/mol. The van der Waals surface area contributed by atoms with Crippen LogP contribution in [0.1, 0.15) is 19.4 Å². The summed E-state index contributed by atoms with van der Waals surface area (Å²) < 4.78 is 5.06. The molecule has 8 heteroatoms. The first kappa shape index (κ1) is 19.8. The summed E-state index contributed by atoms with van der Waals surface area (Å²) in [6.45, 7) is 4.17. The zero-order valence-electron chi connectivity index (χ0n) is 14.8. The van der Waals surface area contributed by atoms with Crippen molar-refractivity contribution in [2.24, 2.45) is 0 Å². The maximum atomic E-state index is 12.1. The first-order valence-corrected chi connectivity index (χ1v) is 9.52. The van der Waals surface area contributed by atoms with Gasteiger partial charge in [-0.3, -0.25) is 4.79 Å². The average Bonchev–Trinajstić information content (AvgIpc) is 2.60. The summed E-state index contributed by atoms with van der Waals surface area (Å²) in [5.74, 6) is -0.00325. The van der Waals surface area contributed by atoms with Crippen LogP contribution in [0.5, 0.6) is 0 Å². The normalized spacial score (nSPS) is 16.5. The monoisotopic (exact) mass is 377 g/mol. The molecule has 1 aromatic carbocycles. The first-order valence-electron chi connectivity index (χ1n) is 8.37. The van der Waals surface area contributed by atoms with Crippen molar-refractivity contribution >= 4 is 29.7 Å². The molecular formula is C18H23N3O4S. The Morgan fingerprint density at radius 2 is 2.00 bits per heavy atom. The number of nitrogens with one attached hydrogen (secondary N) is 3. The molecule has 0 bridgehead atoms. The van der Waals surface area contributed by atoms with E-state index in [-0.39, 0.29) is 24.3 Å². The van der Waals surface area contributed by atoms with Crippen LogP contribution in [-0.4, -0.2) is 42.1 Å². The summed E-state index contributed by atoms with van der Waals surface area (Å²) in [5, 5.41) is 8.12. The smallest absolute Gasteiger partial charge is 0.337 e. The molecule has 0 aromatic heterocycles. The molecule has 0 spiro atoms. The molecule has 0 radical (unpaired) electrons. The van der Waals surface area contributed by atoms with Crippen LogP contribution in [0, 0.1) is 0 Å². The van der Waals surface area contributed by atoms with Gasteiger partial charge in [-0.25, -0.2) is 9.59 Å². The number of rotatable bonds is 8. The Morgan fingerprint density at radius 3 is 2.69 bits per heavy atom. The summed E-state index contributed by atoms with van der Waals surface area (Å²) in [6, 6.07) is 8.83. The van der Waals surface area contributed by atoms with E-state index in [2.05, 4.69) is 16.0 Å². The van der Waals surface area contributed by atoms with Crippen LogP contribution >= 0.6 is 11.8 Å². The molecule has 0 unspecified atom stereocenters. The van der Waals surface area contributed by atoms with E-state index in [0.29, 0.717) is 23.6 Å². The van der Waals surface area contributed by atoms with E-state index in [1.807, 2.05) is 30.3 Å². The highest BCUT2D eigenvalue weighted by Crippen LogP contribution is 2.18. The number of amides is 3. The van der Waals surface area contributed by atoms with Crippen molar-refractivity contribution < 1.29 is 19.1 Å². The van der Waals surface area contributed by atoms with Crippen molar-refractivity contribution in [2.45, 2.75) is 26.4 Å². The van der Waals surface area contributed by atoms with Crippen molar-refractivity contribution in [1.29, 1.82) is 0 Å². The van der Waals surface area contributed by atoms with Gasteiger partial charge in [-0.15, -0.1) is 11.8 Å². The van der Waals surface area contributed by atoms with Gasteiger partial charge in [-0.05, 0) is 19.4 Å². The van der Waals surface area contributed by atoms with E-state index < -0.39 is 12.0 Å². The average molecular weight is 377 g/mol. The summed E-state index contributed by atoms with van der Waals surface area (Å²) in [7, 11) is 0. The maximum Gasteiger partial charge on any atom is 0.337 e. The van der Waals surface area contributed by atoms with Crippen molar-refractivity contribution in [3.63, 3.8) is 0 Å². The van der Waals surface area contributed by atoms with Crippen LogP contribution in [0.25, 0.3) is 0 Å². The summed E-state index contributed by atoms with van der Waals surface area (Å²) in [6.07, 6.45) is 0. The fourth-order valence-corrected chi connectivity index (χ4v) is 3.31. The van der Waals surface area contributed by atoms with Crippen LogP contribution in [-0.2, 0) is 20.9 Å². The molecule has 1 heterocycles. The predicted octanol–water partition coefficient (Wildman–Crippen LogP) is 1.55. The third kappa shape index (κ3) is 5.80. The van der Waals surface area contributed by atoms with Crippen molar-refractivity contribution in [3.05, 3.63) is 47.2 Å². The Labute approximate surface area is 156 Å². The minimum atomic E-state index is -0.461. The van der Waals surface area contributed by atoms with Gasteiger partial charge in [0, 0.05) is 18.0 Å². The third-order valence-corrected chi connectivity index (χ3v) is 4.64. The molecule has 1 aliphatic heterocycles. The molecule has 1 aliphatic rings. The van der Waals surface area contributed by atoms with E-state index in [1.165, 1.54) is 11.8 Å². The van der Waals surface area contributed by atoms with Crippen LogP contribution in [0.2, 0.25) is 0 Å². The Hall–Kier alpha value is -2.48. The Balaban J connectivity index is 1.88. The molecule has 2 rings (SSSR count). The molecule has 0 aliphatic carbocycles. The molecule has 0 saturated heterocycles. The highest BCUT2D eigenvalue weighted by molar-refractivity contribution is 8.00. The van der Waals surface area contributed by atoms with Gasteiger partial charge in [-0.1, -0.05) is 30.3 Å². The molecule has 0 saturated carbocycles. The number of ether oxygens (including phenoxy) is 1. The third-order valence-electron chi connectivity index (χ3n) is 3.68. The lowest BCUT2D eigenvalue weighted by molar-refractivity contribution is -0.139. The van der Waals surface area contributed by atoms with Crippen LogP contribution in [0.4, 0.5) is 4.79 Å². The number of hydrogen-bond donors (Lipinski definition) is 3. The second-order valence-electron chi connectivity index (χ2n) is 5.69. The summed E-state index contributed by atoms with van der Waals surface area (Å²) in [5.41, 5.74) is 1.90. The molecule has 140 valence electrons. The second-order valence-corrected chi connectivity index (χ2v) is 6.67. The van der Waals surface area contributed by atoms with E-state index in [4.69, 9.17) is 4.74 Å². The highest BCUT2D eigenvalue weighted by atomic mass is 32.2. The lowest BCUT2D eigenvalue weighted by atomic mass is 10.1. The molecule has 1 atom stereocenters. The van der Waals surface area contributed by atoms with Crippen molar-refractivity contribution in [1.82, 2.24) is 16.0 Å². The lowest BCUT2D eigenvalue weighted by Gasteiger charge is -2.26. The minimum Gasteiger partial charge on any atom is -0.463 e. The van der Waals surface area contributed by atoms with E-state index in [1.54, 1.807) is 13.8 Å². The van der Waals surface area contributed by atoms with E-state index in [9.17, 15) is 14.4 Å². The minimum absolute atomic E-state index is 0.106. The lowest BCUT2D eigenvalue weighted by Crippen LogP contribution is -2.49. The number of urea groups is 1. The Morgan fingerprint density at radius 1 is 1.27 bits per heavy atom. The van der Waals surface area contributed by atoms with Gasteiger partial charge in [0.05, 0.1) is 24.0 Å². The number of benzene rings is 1. The SMILES string of the molecule is CCOC(=O)C1=C(CSCC(=O)NCc2ccccc2)NC(=O)N[C@H]1C. The molecule has 26 heavy (non-hydrogen) atoms. The topological polar surface area (TPSA) is 96.5 Å². The quantitative estimate of drug-likeness (QED) is 0.598. The molecule has 3 amide bonds. The highest BCUT2D eigenvalue weighted by Gasteiger charge is 2.29. The second kappa shape index (κ2) is 9.86. The molecule has 7 nitrogen and oxygen atoms in total. The fraction of sp³-hybridized carbons (Fsp3) is 0.389. The van der Waals surface area contributed by atoms with Crippen LogP contribution in [0.3, 0.4) is 0 Å². The standard InChI is InChI=1S/C18H23N3O4S/c1-3-25-17(23)16-12(2)20-18(24)21-14(16)10-26-11-15(22)19-9-13-7-5-4-6-8-13/h4-8,12H,3,9-11H2,1-2H3,(H,19,22)(H2,20,21,24)/t12-/m0/s1. The van der Waals surface area contributed by atoms with Gasteiger partial charge in [-0.2, -0.15) is 0 Å². The van der Waals surface area contributed by atoms with Crippen LogP contribution in [0.15, 0.2) is 41.6 Å². The number of hydrogen-bond acceptors (Lipinski definition) is 5. The van der Waals surface area contributed by atoms with Gasteiger partial charge in [0.1, 0.15) is 0 Å². The molecule has 3 N–H and O–H groups in total.